The molecule has 2 heterocycles. The van der Waals surface area contributed by atoms with E-state index in [4.69, 9.17) is 0 Å². The van der Waals surface area contributed by atoms with Crippen LogP contribution in [0.1, 0.15) is 50.7 Å². The van der Waals surface area contributed by atoms with Crippen LogP contribution in [0.5, 0.6) is 0 Å². The smallest absolute Gasteiger partial charge is 0.433 e. The molecule has 0 amide bonds. The number of hydrogen-bond acceptors (Lipinski definition) is 4. The maximum Gasteiger partial charge on any atom is 0.433 e. The molecule has 0 aliphatic rings. The van der Waals surface area contributed by atoms with Gasteiger partial charge in [0.05, 0.1) is 11.7 Å². The maximum absolute atomic E-state index is 12.9. The molecule has 2 rings (SSSR count). The molecule has 1 N–H and O–H groups in total. The second-order valence-corrected chi connectivity index (χ2v) is 9.07. The number of aryl methyl sites for hydroxylation is 1. The van der Waals surface area contributed by atoms with Crippen molar-refractivity contribution in [2.75, 3.05) is 0 Å². The maximum atomic E-state index is 12.9. The Hall–Kier alpha value is -1.64. The zero-order chi connectivity index (χ0) is 19.7. The summed E-state index contributed by atoms with van der Waals surface area (Å²) < 4.78 is 53.4. The summed E-state index contributed by atoms with van der Waals surface area (Å²) in [6.07, 6.45) is -1.81. The summed E-state index contributed by atoms with van der Waals surface area (Å²) in [6, 6.07) is 4.07. The normalized spacial score (nSPS) is 15.0. The number of nitrogens with zero attached hydrogens (tertiary/aromatic N) is 2. The Balaban J connectivity index is 2.28. The van der Waals surface area contributed by atoms with Crippen LogP contribution < -0.4 is 4.72 Å². The molecule has 26 heavy (non-hydrogen) atoms. The lowest BCUT2D eigenvalue weighted by Crippen LogP contribution is -2.40. The van der Waals surface area contributed by atoms with Gasteiger partial charge >= 0.3 is 6.18 Å². The minimum absolute atomic E-state index is 0.258. The van der Waals surface area contributed by atoms with Crippen LogP contribution in [0.4, 0.5) is 13.2 Å². The third-order valence-corrected chi connectivity index (χ3v) is 5.46. The summed E-state index contributed by atoms with van der Waals surface area (Å²) in [7, 11) is 0. The van der Waals surface area contributed by atoms with E-state index in [1.807, 2.05) is 34.6 Å². The molecule has 4 nitrogen and oxygen atoms in total. The molecule has 0 fully saturated rings. The predicted molar refractivity (Wildman–Crippen MR) is 96.7 cm³/mol. The first kappa shape index (κ1) is 20.7. The van der Waals surface area contributed by atoms with Crippen LogP contribution in [-0.4, -0.2) is 19.3 Å². The van der Waals surface area contributed by atoms with Gasteiger partial charge in [-0.3, -0.25) is 9.97 Å². The molecule has 1 unspecified atom stereocenters. The Morgan fingerprint density at radius 2 is 1.81 bits per heavy atom. The van der Waals surface area contributed by atoms with Crippen LogP contribution in [-0.2, 0) is 17.5 Å². The molecule has 2 aromatic rings. The van der Waals surface area contributed by atoms with Gasteiger partial charge in [0.15, 0.2) is 0 Å². The zero-order valence-corrected chi connectivity index (χ0v) is 16.1. The molecule has 0 radical (unpaired) electrons. The van der Waals surface area contributed by atoms with Crippen LogP contribution in [0, 0.1) is 6.92 Å². The van der Waals surface area contributed by atoms with Gasteiger partial charge < -0.3 is 4.55 Å². The minimum atomic E-state index is -4.49. The molecule has 8 heteroatoms. The number of nitrogens with one attached hydrogen (secondary N) is 1. The van der Waals surface area contributed by atoms with Crippen molar-refractivity contribution in [2.45, 2.75) is 51.6 Å². The third-order valence-electron chi connectivity index (χ3n) is 3.78. The fraction of sp³-hybridized carbons (Fsp3) is 0.444. The van der Waals surface area contributed by atoms with Gasteiger partial charge in [-0.05, 0) is 63.9 Å². The van der Waals surface area contributed by atoms with Crippen molar-refractivity contribution < 1.29 is 17.7 Å². The number of halogens is 3. The van der Waals surface area contributed by atoms with Gasteiger partial charge in [0.2, 0.25) is 0 Å². The Labute approximate surface area is 154 Å². The number of pyridine rings is 2. The highest BCUT2D eigenvalue weighted by Crippen LogP contribution is 2.31. The summed E-state index contributed by atoms with van der Waals surface area (Å²) in [4.78, 5) is 7.72. The van der Waals surface area contributed by atoms with Crippen molar-refractivity contribution in [3.8, 4) is 11.1 Å². The van der Waals surface area contributed by atoms with Crippen LogP contribution in [0.15, 0.2) is 30.6 Å². The lowest BCUT2D eigenvalue weighted by Gasteiger charge is -2.26. The second-order valence-electron chi connectivity index (χ2n) is 7.07. The van der Waals surface area contributed by atoms with Crippen LogP contribution in [0.2, 0.25) is 0 Å². The van der Waals surface area contributed by atoms with E-state index in [0.717, 1.165) is 17.8 Å². The first-order valence-electron chi connectivity index (χ1n) is 8.08. The topological polar surface area (TPSA) is 60.9 Å². The highest BCUT2D eigenvalue weighted by molar-refractivity contribution is 7.90. The summed E-state index contributed by atoms with van der Waals surface area (Å²) >= 11 is -1.25. The Kier molecular flexibility index (Phi) is 5.99. The van der Waals surface area contributed by atoms with Gasteiger partial charge in [-0.25, -0.2) is 0 Å². The molecule has 2 atom stereocenters. The largest absolute Gasteiger partial charge is 0.598 e. The standard InChI is InChI=1S/C18H22F3N3OS/c1-11-8-15(12(2)24-26(25)17(3,4)5)23-10-14(11)13-6-7-22-16(9-13)18(19,20)21/h6-10,12,24H,1-5H3/t12?,26-/m0/s1. The Bertz CT molecular complexity index is 775. The van der Waals surface area contributed by atoms with Gasteiger partial charge in [-0.15, -0.1) is 4.72 Å². The van der Waals surface area contributed by atoms with Gasteiger partial charge in [0, 0.05) is 29.3 Å². The monoisotopic (exact) mass is 385 g/mol. The molecule has 0 aliphatic carbocycles. The lowest BCUT2D eigenvalue weighted by molar-refractivity contribution is -0.141. The van der Waals surface area contributed by atoms with E-state index < -0.39 is 28.0 Å². The van der Waals surface area contributed by atoms with Crippen molar-refractivity contribution in [3.63, 3.8) is 0 Å². The molecular weight excluding hydrogens is 363 g/mol. The van der Waals surface area contributed by atoms with E-state index in [1.54, 1.807) is 12.3 Å². The van der Waals surface area contributed by atoms with Crippen molar-refractivity contribution >= 4 is 11.4 Å². The highest BCUT2D eigenvalue weighted by Gasteiger charge is 2.32. The van der Waals surface area contributed by atoms with E-state index in [9.17, 15) is 17.7 Å². The van der Waals surface area contributed by atoms with E-state index in [2.05, 4.69) is 14.7 Å². The Morgan fingerprint density at radius 1 is 1.15 bits per heavy atom. The molecule has 0 aliphatic heterocycles. The van der Waals surface area contributed by atoms with E-state index in [-0.39, 0.29) is 6.04 Å². The van der Waals surface area contributed by atoms with Crippen molar-refractivity contribution in [2.24, 2.45) is 0 Å². The minimum Gasteiger partial charge on any atom is -0.598 e. The zero-order valence-electron chi connectivity index (χ0n) is 15.3. The average molecular weight is 385 g/mol. The molecule has 0 spiro atoms. The quantitative estimate of drug-likeness (QED) is 0.783. The van der Waals surface area contributed by atoms with Crippen LogP contribution >= 0.6 is 0 Å². The van der Waals surface area contributed by atoms with Gasteiger partial charge in [0.1, 0.15) is 10.4 Å². The van der Waals surface area contributed by atoms with Crippen LogP contribution in [0.3, 0.4) is 0 Å². The number of hydrogen-bond donors (Lipinski definition) is 1. The van der Waals surface area contributed by atoms with E-state index >= 15 is 0 Å². The fourth-order valence-corrected chi connectivity index (χ4v) is 3.06. The van der Waals surface area contributed by atoms with Crippen molar-refractivity contribution in [1.29, 1.82) is 0 Å². The molecule has 0 bridgehead atoms. The first-order valence-corrected chi connectivity index (χ1v) is 9.23. The number of alkyl halides is 3. The fourth-order valence-electron chi connectivity index (χ4n) is 2.27. The first-order chi connectivity index (χ1) is 11.9. The Morgan fingerprint density at radius 3 is 2.35 bits per heavy atom. The third kappa shape index (κ3) is 4.96. The summed E-state index contributed by atoms with van der Waals surface area (Å²) in [5.41, 5.74) is 1.53. The number of aromatic nitrogens is 2. The lowest BCUT2D eigenvalue weighted by atomic mass is 10.0. The second kappa shape index (κ2) is 7.54. The summed E-state index contributed by atoms with van der Waals surface area (Å²) in [6.45, 7) is 9.26. The van der Waals surface area contributed by atoms with E-state index in [0.29, 0.717) is 16.8 Å². The highest BCUT2D eigenvalue weighted by atomic mass is 32.2. The number of rotatable bonds is 4. The van der Waals surface area contributed by atoms with Crippen molar-refractivity contribution in [3.05, 3.63) is 47.5 Å². The molecule has 2 aromatic heterocycles. The summed E-state index contributed by atoms with van der Waals surface area (Å²) in [5.74, 6) is 0. The molecule has 0 saturated carbocycles. The average Bonchev–Trinajstić information content (AvgIpc) is 2.53. The molecular formula is C18H22F3N3OS. The van der Waals surface area contributed by atoms with Crippen molar-refractivity contribution in [1.82, 2.24) is 14.7 Å². The van der Waals surface area contributed by atoms with Gasteiger partial charge in [-0.2, -0.15) is 13.2 Å². The SMILES string of the molecule is Cc1cc(C(C)N[S@@+]([O-])C(C)(C)C)ncc1-c1ccnc(C(F)(F)F)c1. The summed E-state index contributed by atoms with van der Waals surface area (Å²) in [5, 5.41) is 0. The molecule has 142 valence electrons. The van der Waals surface area contributed by atoms with Gasteiger partial charge in [0.25, 0.3) is 0 Å². The predicted octanol–water partition coefficient (Wildman–Crippen LogP) is 4.58. The van der Waals surface area contributed by atoms with E-state index in [1.165, 1.54) is 6.07 Å². The molecule has 0 aromatic carbocycles. The van der Waals surface area contributed by atoms with Crippen LogP contribution in [0.25, 0.3) is 11.1 Å². The molecule has 0 saturated heterocycles. The van der Waals surface area contributed by atoms with Gasteiger partial charge in [-0.1, -0.05) is 0 Å².